The molecule has 0 radical (unpaired) electrons. The molecule has 4 rings (SSSR count). The quantitative estimate of drug-likeness (QED) is 0.496. The van der Waals surface area contributed by atoms with Crippen LogP contribution in [0.25, 0.3) is 16.7 Å². The van der Waals surface area contributed by atoms with Crippen LogP contribution < -0.4 is 10.9 Å². The van der Waals surface area contributed by atoms with Gasteiger partial charge in [0.2, 0.25) is 5.91 Å². The first-order chi connectivity index (χ1) is 16.3. The van der Waals surface area contributed by atoms with Crippen LogP contribution >= 0.6 is 0 Å². The number of pyridine rings is 1. The second-order valence-corrected chi connectivity index (χ2v) is 10.5. The van der Waals surface area contributed by atoms with Crippen molar-refractivity contribution in [1.82, 2.24) is 24.2 Å². The summed E-state index contributed by atoms with van der Waals surface area (Å²) in [5.41, 5.74) is 0.904. The molecule has 12 heteroatoms. The van der Waals surface area contributed by atoms with Crippen LogP contribution in [0.4, 0.5) is 0 Å². The van der Waals surface area contributed by atoms with Gasteiger partial charge in [-0.15, -0.1) is 0 Å². The highest BCUT2D eigenvalue weighted by molar-refractivity contribution is 7.92. The Morgan fingerprint density at radius 2 is 1.97 bits per heavy atom. The number of fused-ring (bicyclic) bond motifs is 2. The Bertz CT molecular complexity index is 1400. The highest BCUT2D eigenvalue weighted by atomic mass is 32.2. The fraction of sp³-hybridized carbons (Fsp3) is 0.455. The number of carbonyl (C=O) groups is 2. The Kier molecular flexibility index (Phi) is 6.71. The summed E-state index contributed by atoms with van der Waals surface area (Å²) in [6.07, 6.45) is 2.12. The third-order valence-electron chi connectivity index (χ3n) is 6.16. The number of amides is 2. The lowest BCUT2D eigenvalue weighted by Crippen LogP contribution is -2.44. The number of rotatable bonds is 7. The van der Waals surface area contributed by atoms with E-state index in [4.69, 9.17) is 4.74 Å². The lowest BCUT2D eigenvalue weighted by atomic mass is 10.1. The second kappa shape index (κ2) is 9.55. The van der Waals surface area contributed by atoms with Crippen molar-refractivity contribution in [2.24, 2.45) is 0 Å². The van der Waals surface area contributed by atoms with E-state index in [1.165, 1.54) is 11.4 Å². The van der Waals surface area contributed by atoms with Gasteiger partial charge >= 0.3 is 0 Å². The molecule has 2 amide bonds. The summed E-state index contributed by atoms with van der Waals surface area (Å²) in [5, 5.41) is 1.98. The van der Waals surface area contributed by atoms with E-state index in [1.807, 2.05) is 0 Å². The van der Waals surface area contributed by atoms with Gasteiger partial charge in [0, 0.05) is 40.0 Å². The predicted octanol–water partition coefficient (Wildman–Crippen LogP) is 0.0610. The lowest BCUT2D eigenvalue weighted by molar-refractivity contribution is -0.118. The summed E-state index contributed by atoms with van der Waals surface area (Å²) >= 11 is 0. The van der Waals surface area contributed by atoms with Crippen molar-refractivity contribution in [3.8, 4) is 0 Å². The molecular formula is C22H27N5O6S. The van der Waals surface area contributed by atoms with E-state index >= 15 is 0 Å². The number of likely N-dealkylation sites (tertiary alicyclic amines) is 1. The molecule has 182 valence electrons. The van der Waals surface area contributed by atoms with E-state index in [2.05, 4.69) is 10.3 Å². The number of aromatic nitrogens is 3. The average molecular weight is 490 g/mol. The fourth-order valence-electron chi connectivity index (χ4n) is 4.29. The van der Waals surface area contributed by atoms with Gasteiger partial charge < -0.3 is 19.5 Å². The summed E-state index contributed by atoms with van der Waals surface area (Å²) < 4.78 is 33.3. The molecule has 34 heavy (non-hydrogen) atoms. The maximum Gasteiger partial charge on any atom is 0.270 e. The topological polar surface area (TPSA) is 132 Å². The minimum atomic E-state index is -3.60. The average Bonchev–Trinajstić information content (AvgIpc) is 3.20. The molecule has 1 saturated heterocycles. The van der Waals surface area contributed by atoms with Crippen LogP contribution in [0.2, 0.25) is 0 Å². The second-order valence-electron chi connectivity index (χ2n) is 8.23. The normalized spacial score (nSPS) is 15.2. The number of hydrogen-bond acceptors (Lipinski definition) is 7. The van der Waals surface area contributed by atoms with Crippen LogP contribution in [0.3, 0.4) is 0 Å². The number of ether oxygens (including phenoxy) is 1. The number of methoxy groups -OCH3 is 1. The number of sulfone groups is 1. The molecule has 0 bridgehead atoms. The van der Waals surface area contributed by atoms with Crippen molar-refractivity contribution in [2.45, 2.75) is 24.6 Å². The van der Waals surface area contributed by atoms with E-state index in [1.54, 1.807) is 47.0 Å². The lowest BCUT2D eigenvalue weighted by Gasteiger charge is -2.31. The summed E-state index contributed by atoms with van der Waals surface area (Å²) in [7, 11) is -0.658. The largest absolute Gasteiger partial charge is 0.383 e. The Balaban J connectivity index is 1.64. The van der Waals surface area contributed by atoms with Gasteiger partial charge in [-0.1, -0.05) is 6.07 Å². The minimum absolute atomic E-state index is 0.233. The molecule has 3 aromatic rings. The van der Waals surface area contributed by atoms with Gasteiger partial charge in [-0.2, -0.15) is 0 Å². The van der Waals surface area contributed by atoms with Gasteiger partial charge in [0.1, 0.15) is 22.7 Å². The van der Waals surface area contributed by atoms with Crippen LogP contribution in [0, 0.1) is 0 Å². The van der Waals surface area contributed by atoms with Crippen molar-refractivity contribution in [1.29, 1.82) is 0 Å². The SMILES string of the molecule is CNC(=O)CS(=O)(=O)C1CCN(C(=O)c2cc3c(=O)n4ccccc4nc3n2CCOC)CC1. The molecule has 1 N–H and O–H groups in total. The molecule has 4 heterocycles. The zero-order valence-corrected chi connectivity index (χ0v) is 19.9. The molecule has 1 fully saturated rings. The maximum atomic E-state index is 13.5. The zero-order valence-electron chi connectivity index (χ0n) is 19.1. The van der Waals surface area contributed by atoms with E-state index < -0.39 is 26.7 Å². The highest BCUT2D eigenvalue weighted by Gasteiger charge is 2.34. The summed E-state index contributed by atoms with van der Waals surface area (Å²) in [6, 6.07) is 6.79. The van der Waals surface area contributed by atoms with E-state index in [0.717, 1.165) is 0 Å². The third-order valence-corrected chi connectivity index (χ3v) is 8.31. The van der Waals surface area contributed by atoms with Gasteiger partial charge in [-0.3, -0.25) is 18.8 Å². The van der Waals surface area contributed by atoms with Gasteiger partial charge in [-0.05, 0) is 31.0 Å². The third kappa shape index (κ3) is 4.42. The maximum absolute atomic E-state index is 13.5. The van der Waals surface area contributed by atoms with Crippen LogP contribution in [-0.2, 0) is 25.9 Å². The molecule has 1 aliphatic heterocycles. The Morgan fingerprint density at radius 1 is 1.24 bits per heavy atom. The number of hydrogen-bond donors (Lipinski definition) is 1. The smallest absolute Gasteiger partial charge is 0.270 e. The van der Waals surface area contributed by atoms with Gasteiger partial charge in [0.15, 0.2) is 9.84 Å². The van der Waals surface area contributed by atoms with Crippen molar-refractivity contribution in [3.05, 3.63) is 46.5 Å². The van der Waals surface area contributed by atoms with Crippen molar-refractivity contribution < 1.29 is 22.7 Å². The van der Waals surface area contributed by atoms with Gasteiger partial charge in [0.05, 0.1) is 17.2 Å². The summed E-state index contributed by atoms with van der Waals surface area (Å²) in [5.74, 6) is -1.41. The molecule has 0 unspecified atom stereocenters. The summed E-state index contributed by atoms with van der Waals surface area (Å²) in [4.78, 5) is 44.2. The molecule has 3 aromatic heterocycles. The Hall–Kier alpha value is -3.25. The number of nitrogens with one attached hydrogen (secondary N) is 1. The Morgan fingerprint density at radius 3 is 2.65 bits per heavy atom. The number of nitrogens with zero attached hydrogens (tertiary/aromatic N) is 4. The first-order valence-corrected chi connectivity index (χ1v) is 12.7. The fourth-order valence-corrected chi connectivity index (χ4v) is 5.97. The van der Waals surface area contributed by atoms with E-state index in [-0.39, 0.29) is 37.4 Å². The van der Waals surface area contributed by atoms with Crippen molar-refractivity contribution in [2.75, 3.05) is 39.6 Å². The molecule has 0 aromatic carbocycles. The Labute approximate surface area is 196 Å². The van der Waals surface area contributed by atoms with E-state index in [9.17, 15) is 22.8 Å². The zero-order chi connectivity index (χ0) is 24.5. The molecule has 1 aliphatic rings. The molecule has 0 atom stereocenters. The first kappa shape index (κ1) is 23.9. The van der Waals surface area contributed by atoms with Crippen molar-refractivity contribution >= 4 is 38.3 Å². The highest BCUT2D eigenvalue weighted by Crippen LogP contribution is 2.23. The van der Waals surface area contributed by atoms with Crippen LogP contribution in [0.5, 0.6) is 0 Å². The van der Waals surface area contributed by atoms with Gasteiger partial charge in [-0.25, -0.2) is 13.4 Å². The first-order valence-electron chi connectivity index (χ1n) is 11.0. The molecule has 0 saturated carbocycles. The van der Waals surface area contributed by atoms with Crippen LogP contribution in [0.1, 0.15) is 23.3 Å². The standard InChI is InChI=1S/C22H27N5O6S/c1-23-19(28)14-34(31,32)15-6-9-25(10-7-15)22(30)17-13-16-20(26(17)11-12-33-2)24-18-5-3-4-8-27(18)21(16)29/h3-5,8,13,15H,6-7,9-12,14H2,1-2H3,(H,23,28). The molecule has 11 nitrogen and oxygen atoms in total. The van der Waals surface area contributed by atoms with E-state index in [0.29, 0.717) is 35.5 Å². The van der Waals surface area contributed by atoms with Gasteiger partial charge in [0.25, 0.3) is 11.5 Å². The summed E-state index contributed by atoms with van der Waals surface area (Å²) in [6.45, 7) is 1.11. The number of carbonyl (C=O) groups excluding carboxylic acids is 2. The van der Waals surface area contributed by atoms with Crippen molar-refractivity contribution in [3.63, 3.8) is 0 Å². The minimum Gasteiger partial charge on any atom is -0.383 e. The predicted molar refractivity (Wildman–Crippen MR) is 126 cm³/mol. The monoisotopic (exact) mass is 489 g/mol. The van der Waals surface area contributed by atoms with Crippen LogP contribution in [0.15, 0.2) is 35.3 Å². The molecular weight excluding hydrogens is 462 g/mol. The molecule has 0 aliphatic carbocycles. The molecule has 0 spiro atoms. The number of piperidine rings is 1. The van der Waals surface area contributed by atoms with Crippen LogP contribution in [-0.4, -0.2) is 83.9 Å².